The molecule has 20 heavy (non-hydrogen) atoms. The molecule has 1 heterocycles. The molecule has 1 aliphatic heterocycles. The van der Waals surface area contributed by atoms with E-state index in [0.717, 1.165) is 18.7 Å². The third-order valence-corrected chi connectivity index (χ3v) is 3.91. The van der Waals surface area contributed by atoms with Crippen LogP contribution in [0.25, 0.3) is 0 Å². The molecule has 0 spiro atoms. The number of likely N-dealkylation sites (tertiary alicyclic amines) is 1. The highest BCUT2D eigenvalue weighted by atomic mass is 16.1. The number of carbonyl (C=O) groups excluding carboxylic acids is 1. The van der Waals surface area contributed by atoms with E-state index in [1.165, 1.54) is 25.9 Å². The number of nitrogens with zero attached hydrogens (tertiary/aromatic N) is 1. The molecule has 4 nitrogen and oxygen atoms in total. The first-order chi connectivity index (χ1) is 9.79. The van der Waals surface area contributed by atoms with E-state index in [0.29, 0.717) is 12.6 Å². The van der Waals surface area contributed by atoms with Gasteiger partial charge < -0.3 is 15.5 Å². The van der Waals surface area contributed by atoms with Gasteiger partial charge >= 0.3 is 0 Å². The summed E-state index contributed by atoms with van der Waals surface area (Å²) in [7, 11) is 0. The van der Waals surface area contributed by atoms with Crippen molar-refractivity contribution in [2.24, 2.45) is 0 Å². The summed E-state index contributed by atoms with van der Waals surface area (Å²) in [5.74, 6) is 0.00759. The standard InChI is InChI=1S/C16H25N3O/c1-2-19-12-8-15(9-13-19)17-10-11-18-16(20)14-6-4-3-5-7-14/h3-7,15,17H,2,8-13H2,1H3,(H,18,20). The van der Waals surface area contributed by atoms with E-state index < -0.39 is 0 Å². The van der Waals surface area contributed by atoms with Crippen LogP contribution in [0.4, 0.5) is 0 Å². The van der Waals surface area contributed by atoms with Gasteiger partial charge in [0.1, 0.15) is 0 Å². The zero-order valence-electron chi connectivity index (χ0n) is 12.3. The zero-order chi connectivity index (χ0) is 14.2. The summed E-state index contributed by atoms with van der Waals surface area (Å²) in [5.41, 5.74) is 0.726. The van der Waals surface area contributed by atoms with Gasteiger partial charge in [-0.15, -0.1) is 0 Å². The van der Waals surface area contributed by atoms with Gasteiger partial charge in [-0.3, -0.25) is 4.79 Å². The fourth-order valence-electron chi connectivity index (χ4n) is 2.60. The molecular weight excluding hydrogens is 250 g/mol. The highest BCUT2D eigenvalue weighted by Crippen LogP contribution is 2.09. The Bertz CT molecular complexity index is 399. The van der Waals surface area contributed by atoms with Crippen LogP contribution >= 0.6 is 0 Å². The van der Waals surface area contributed by atoms with Gasteiger partial charge in [0.25, 0.3) is 5.91 Å². The molecule has 0 aliphatic carbocycles. The van der Waals surface area contributed by atoms with Crippen LogP contribution in [0.5, 0.6) is 0 Å². The molecule has 110 valence electrons. The molecule has 1 aliphatic rings. The number of rotatable bonds is 6. The van der Waals surface area contributed by atoms with Gasteiger partial charge in [0.15, 0.2) is 0 Å². The number of nitrogens with one attached hydrogen (secondary N) is 2. The molecule has 0 aromatic heterocycles. The molecule has 0 bridgehead atoms. The Labute approximate surface area is 121 Å². The van der Waals surface area contributed by atoms with Gasteiger partial charge in [-0.05, 0) is 44.6 Å². The van der Waals surface area contributed by atoms with E-state index in [4.69, 9.17) is 0 Å². The monoisotopic (exact) mass is 275 g/mol. The average Bonchev–Trinajstić information content (AvgIpc) is 2.53. The predicted molar refractivity (Wildman–Crippen MR) is 81.9 cm³/mol. The average molecular weight is 275 g/mol. The van der Waals surface area contributed by atoms with Crippen LogP contribution < -0.4 is 10.6 Å². The van der Waals surface area contributed by atoms with Crippen molar-refractivity contribution in [3.8, 4) is 0 Å². The van der Waals surface area contributed by atoms with Crippen molar-refractivity contribution in [2.45, 2.75) is 25.8 Å². The number of carbonyl (C=O) groups is 1. The third kappa shape index (κ3) is 4.62. The molecule has 0 unspecified atom stereocenters. The summed E-state index contributed by atoms with van der Waals surface area (Å²) < 4.78 is 0. The molecule has 2 N–H and O–H groups in total. The van der Waals surface area contributed by atoms with Crippen molar-refractivity contribution in [3.05, 3.63) is 35.9 Å². The van der Waals surface area contributed by atoms with Crippen molar-refractivity contribution in [2.75, 3.05) is 32.7 Å². The maximum absolute atomic E-state index is 11.8. The first kappa shape index (κ1) is 15.0. The van der Waals surface area contributed by atoms with E-state index in [9.17, 15) is 4.79 Å². The lowest BCUT2D eigenvalue weighted by Crippen LogP contribution is -2.44. The molecule has 1 fully saturated rings. The Morgan fingerprint density at radius 1 is 1.20 bits per heavy atom. The van der Waals surface area contributed by atoms with Crippen LogP contribution in [0.15, 0.2) is 30.3 Å². The van der Waals surface area contributed by atoms with Gasteiger partial charge in [0.05, 0.1) is 0 Å². The van der Waals surface area contributed by atoms with Crippen LogP contribution in [0.3, 0.4) is 0 Å². The second-order valence-corrected chi connectivity index (χ2v) is 5.28. The van der Waals surface area contributed by atoms with E-state index in [1.807, 2.05) is 30.3 Å². The van der Waals surface area contributed by atoms with Crippen molar-refractivity contribution in [1.29, 1.82) is 0 Å². The lowest BCUT2D eigenvalue weighted by Gasteiger charge is -2.31. The highest BCUT2D eigenvalue weighted by molar-refractivity contribution is 5.94. The van der Waals surface area contributed by atoms with Crippen molar-refractivity contribution in [3.63, 3.8) is 0 Å². The summed E-state index contributed by atoms with van der Waals surface area (Å²) in [6.45, 7) is 7.26. The van der Waals surface area contributed by atoms with Crippen molar-refractivity contribution < 1.29 is 4.79 Å². The lowest BCUT2D eigenvalue weighted by atomic mass is 10.1. The minimum Gasteiger partial charge on any atom is -0.351 e. The van der Waals surface area contributed by atoms with E-state index in [2.05, 4.69) is 22.5 Å². The molecule has 4 heteroatoms. The molecular formula is C16H25N3O. The molecule has 1 amide bonds. The Balaban J connectivity index is 1.59. The van der Waals surface area contributed by atoms with Crippen LogP contribution in [-0.4, -0.2) is 49.6 Å². The molecule has 2 rings (SSSR count). The third-order valence-electron chi connectivity index (χ3n) is 3.91. The molecule has 0 atom stereocenters. The molecule has 1 aromatic carbocycles. The van der Waals surface area contributed by atoms with E-state index in [-0.39, 0.29) is 5.91 Å². The minimum absolute atomic E-state index is 0.00759. The number of hydrogen-bond donors (Lipinski definition) is 2. The fourth-order valence-corrected chi connectivity index (χ4v) is 2.60. The SMILES string of the molecule is CCN1CCC(NCCNC(=O)c2ccccc2)CC1. The number of benzene rings is 1. The summed E-state index contributed by atoms with van der Waals surface area (Å²) in [6, 6.07) is 9.96. The van der Waals surface area contributed by atoms with Crippen LogP contribution in [0.2, 0.25) is 0 Å². The highest BCUT2D eigenvalue weighted by Gasteiger charge is 2.16. The molecule has 0 radical (unpaired) electrons. The molecule has 0 saturated carbocycles. The van der Waals surface area contributed by atoms with Gasteiger partial charge in [-0.25, -0.2) is 0 Å². The minimum atomic E-state index is 0.00759. The second-order valence-electron chi connectivity index (χ2n) is 5.28. The molecule has 1 aromatic rings. The Morgan fingerprint density at radius 2 is 1.90 bits per heavy atom. The summed E-state index contributed by atoms with van der Waals surface area (Å²) in [6.07, 6.45) is 2.42. The first-order valence-electron chi connectivity index (χ1n) is 7.58. The largest absolute Gasteiger partial charge is 0.351 e. The number of hydrogen-bond acceptors (Lipinski definition) is 3. The maximum Gasteiger partial charge on any atom is 0.251 e. The first-order valence-corrected chi connectivity index (χ1v) is 7.58. The summed E-state index contributed by atoms with van der Waals surface area (Å²) in [4.78, 5) is 14.3. The van der Waals surface area contributed by atoms with Crippen LogP contribution in [0, 0.1) is 0 Å². The number of piperidine rings is 1. The van der Waals surface area contributed by atoms with Crippen LogP contribution in [-0.2, 0) is 0 Å². The zero-order valence-corrected chi connectivity index (χ0v) is 12.3. The van der Waals surface area contributed by atoms with Gasteiger partial charge in [-0.1, -0.05) is 25.1 Å². The van der Waals surface area contributed by atoms with Gasteiger partial charge in [-0.2, -0.15) is 0 Å². The normalized spacial score (nSPS) is 17.1. The Morgan fingerprint density at radius 3 is 2.55 bits per heavy atom. The second kappa shape index (κ2) is 8.02. The fraction of sp³-hybridized carbons (Fsp3) is 0.562. The van der Waals surface area contributed by atoms with E-state index >= 15 is 0 Å². The Hall–Kier alpha value is -1.39. The van der Waals surface area contributed by atoms with E-state index in [1.54, 1.807) is 0 Å². The quantitative estimate of drug-likeness (QED) is 0.773. The molecule has 1 saturated heterocycles. The topological polar surface area (TPSA) is 44.4 Å². The smallest absolute Gasteiger partial charge is 0.251 e. The van der Waals surface area contributed by atoms with Crippen molar-refractivity contribution >= 4 is 5.91 Å². The lowest BCUT2D eigenvalue weighted by molar-refractivity contribution is 0.0953. The van der Waals surface area contributed by atoms with Crippen LogP contribution in [0.1, 0.15) is 30.1 Å². The number of amides is 1. The summed E-state index contributed by atoms with van der Waals surface area (Å²) >= 11 is 0. The Kier molecular flexibility index (Phi) is 6.02. The maximum atomic E-state index is 11.8. The van der Waals surface area contributed by atoms with Gasteiger partial charge in [0, 0.05) is 24.7 Å². The van der Waals surface area contributed by atoms with Gasteiger partial charge in [0.2, 0.25) is 0 Å². The predicted octanol–water partition coefficient (Wildman–Crippen LogP) is 1.49. The summed E-state index contributed by atoms with van der Waals surface area (Å²) in [5, 5.41) is 6.48. The van der Waals surface area contributed by atoms with Crippen molar-refractivity contribution in [1.82, 2.24) is 15.5 Å².